The largest absolute Gasteiger partial charge is 0.387 e. The van der Waals surface area contributed by atoms with Crippen molar-refractivity contribution < 1.29 is 9.90 Å². The maximum Gasteiger partial charge on any atom is 0.217 e. The summed E-state index contributed by atoms with van der Waals surface area (Å²) in [6.07, 6.45) is 4.43. The number of nitrogens with one attached hydrogen (secondary N) is 1. The fraction of sp³-hybridized carbons (Fsp3) is 0.882. The molecular formula is C17H33IN4O2S. The number of carbonyl (C=O) groups is 1. The molecule has 1 heterocycles. The van der Waals surface area contributed by atoms with E-state index >= 15 is 0 Å². The Hall–Kier alpha value is -0.220. The minimum atomic E-state index is -0.663. The summed E-state index contributed by atoms with van der Waals surface area (Å²) in [5.74, 6) is 1.95. The molecule has 0 aromatic rings. The Morgan fingerprint density at radius 1 is 1.44 bits per heavy atom. The lowest BCUT2D eigenvalue weighted by Crippen LogP contribution is -2.53. The van der Waals surface area contributed by atoms with Crippen molar-refractivity contribution >= 4 is 47.6 Å². The summed E-state index contributed by atoms with van der Waals surface area (Å²) in [6.45, 7) is 7.16. The lowest BCUT2D eigenvalue weighted by molar-refractivity contribution is -0.119. The second kappa shape index (κ2) is 10.8. The number of carbonyl (C=O) groups excluding carboxylic acids is 1. The second-order valence-electron chi connectivity index (χ2n) is 6.88. The third-order valence-corrected chi connectivity index (χ3v) is 6.36. The molecule has 0 bridgehead atoms. The number of rotatable bonds is 7. The minimum Gasteiger partial charge on any atom is -0.387 e. The van der Waals surface area contributed by atoms with Crippen LogP contribution in [0, 0.1) is 5.92 Å². The summed E-state index contributed by atoms with van der Waals surface area (Å²) >= 11 is 1.83. The Kier molecular flexibility index (Phi) is 9.87. The number of hydrogen-bond donors (Lipinski definition) is 3. The molecule has 1 amide bonds. The van der Waals surface area contributed by atoms with Crippen LogP contribution in [0.15, 0.2) is 4.99 Å². The first-order chi connectivity index (χ1) is 11.5. The molecular weight excluding hydrogens is 451 g/mol. The fourth-order valence-corrected chi connectivity index (χ4v) is 4.75. The van der Waals surface area contributed by atoms with Gasteiger partial charge >= 0.3 is 0 Å². The van der Waals surface area contributed by atoms with Crippen molar-refractivity contribution in [2.24, 2.45) is 16.6 Å². The second-order valence-corrected chi connectivity index (χ2v) is 8.36. The third kappa shape index (κ3) is 6.46. The zero-order valence-corrected chi connectivity index (χ0v) is 18.5. The Morgan fingerprint density at radius 3 is 2.76 bits per heavy atom. The first-order valence-corrected chi connectivity index (χ1v) is 10.2. The van der Waals surface area contributed by atoms with Gasteiger partial charge in [0.05, 0.1) is 12.1 Å². The van der Waals surface area contributed by atoms with E-state index in [1.165, 1.54) is 0 Å². The van der Waals surface area contributed by atoms with Crippen LogP contribution < -0.4 is 11.1 Å². The molecule has 2 rings (SSSR count). The summed E-state index contributed by atoms with van der Waals surface area (Å²) in [6, 6.07) is 0. The molecule has 0 radical (unpaired) electrons. The van der Waals surface area contributed by atoms with Gasteiger partial charge in [-0.1, -0.05) is 6.92 Å². The average molecular weight is 484 g/mol. The number of amides is 1. The fourth-order valence-electron chi connectivity index (χ4n) is 3.56. The number of guanidine groups is 1. The highest BCUT2D eigenvalue weighted by Gasteiger charge is 2.45. The molecule has 1 aliphatic carbocycles. The highest BCUT2D eigenvalue weighted by Crippen LogP contribution is 2.41. The molecule has 2 fully saturated rings. The molecule has 0 aromatic carbocycles. The van der Waals surface area contributed by atoms with Gasteiger partial charge in [0, 0.05) is 31.3 Å². The van der Waals surface area contributed by atoms with E-state index in [1.54, 1.807) is 0 Å². The monoisotopic (exact) mass is 484 g/mol. The number of likely N-dealkylation sites (tertiary alicyclic amines) is 1. The van der Waals surface area contributed by atoms with E-state index in [9.17, 15) is 9.90 Å². The number of nitrogens with zero attached hydrogens (tertiary/aromatic N) is 2. The lowest BCUT2D eigenvalue weighted by atomic mass is 9.79. The summed E-state index contributed by atoms with van der Waals surface area (Å²) in [5, 5.41) is 14.4. The van der Waals surface area contributed by atoms with E-state index in [0.717, 1.165) is 57.0 Å². The number of hydrogen-bond acceptors (Lipinski definition) is 4. The van der Waals surface area contributed by atoms with Crippen LogP contribution >= 0.6 is 35.7 Å². The van der Waals surface area contributed by atoms with Gasteiger partial charge in [-0.25, -0.2) is 0 Å². The smallest absolute Gasteiger partial charge is 0.217 e. The predicted octanol–water partition coefficient (Wildman–Crippen LogP) is 1.80. The van der Waals surface area contributed by atoms with Gasteiger partial charge < -0.3 is 21.1 Å². The number of primary amides is 1. The first kappa shape index (κ1) is 22.8. The summed E-state index contributed by atoms with van der Waals surface area (Å²) < 4.78 is 0. The standard InChI is InChI=1S/C17H32N4O2S.HI/c1-3-19-16(20-12-17(23)8-7-14(17)24-4-2)21-9-5-6-13(11-21)10-15(18)22;/h13-14,23H,3-12H2,1-2H3,(H2,18,22)(H,19,20);1H. The van der Waals surface area contributed by atoms with Gasteiger partial charge in [0.15, 0.2) is 5.96 Å². The van der Waals surface area contributed by atoms with Crippen LogP contribution in [0.5, 0.6) is 0 Å². The Balaban J connectivity index is 0.00000312. The Bertz CT molecular complexity index is 466. The van der Waals surface area contributed by atoms with Crippen molar-refractivity contribution in [1.82, 2.24) is 10.2 Å². The van der Waals surface area contributed by atoms with Gasteiger partial charge in [-0.15, -0.1) is 24.0 Å². The SMILES string of the molecule is CCNC(=NCC1(O)CCC1SCC)N1CCCC(CC(N)=O)C1.I. The van der Waals surface area contributed by atoms with Crippen LogP contribution in [0.25, 0.3) is 0 Å². The van der Waals surface area contributed by atoms with Crippen LogP contribution in [0.3, 0.4) is 0 Å². The molecule has 0 aromatic heterocycles. The molecule has 25 heavy (non-hydrogen) atoms. The van der Waals surface area contributed by atoms with Crippen molar-refractivity contribution in [3.8, 4) is 0 Å². The highest BCUT2D eigenvalue weighted by molar-refractivity contribution is 14.0. The zero-order chi connectivity index (χ0) is 17.6. The third-order valence-electron chi connectivity index (χ3n) is 4.95. The van der Waals surface area contributed by atoms with Crippen LogP contribution in [0.1, 0.15) is 46.0 Å². The molecule has 1 aliphatic heterocycles. The maximum absolute atomic E-state index is 11.2. The number of nitrogens with two attached hydrogens (primary N) is 1. The molecule has 3 unspecified atom stereocenters. The average Bonchev–Trinajstić information content (AvgIpc) is 2.54. The van der Waals surface area contributed by atoms with Crippen LogP contribution in [-0.4, -0.2) is 64.7 Å². The molecule has 6 nitrogen and oxygen atoms in total. The van der Waals surface area contributed by atoms with Gasteiger partial charge in [-0.3, -0.25) is 9.79 Å². The number of thioether (sulfide) groups is 1. The van der Waals surface area contributed by atoms with Gasteiger partial charge in [0.1, 0.15) is 0 Å². The molecule has 0 spiro atoms. The normalized spacial score (nSPS) is 29.6. The minimum absolute atomic E-state index is 0. The predicted molar refractivity (Wildman–Crippen MR) is 116 cm³/mol. The first-order valence-electron chi connectivity index (χ1n) is 9.14. The van der Waals surface area contributed by atoms with E-state index in [0.29, 0.717) is 24.1 Å². The van der Waals surface area contributed by atoms with Crippen LogP contribution in [0.2, 0.25) is 0 Å². The van der Waals surface area contributed by atoms with Crippen molar-refractivity contribution in [2.45, 2.75) is 56.8 Å². The Morgan fingerprint density at radius 2 is 2.20 bits per heavy atom. The molecule has 3 atom stereocenters. The van der Waals surface area contributed by atoms with E-state index in [4.69, 9.17) is 10.7 Å². The molecule has 2 aliphatic rings. The van der Waals surface area contributed by atoms with Crippen molar-refractivity contribution in [1.29, 1.82) is 0 Å². The molecule has 146 valence electrons. The van der Waals surface area contributed by atoms with Crippen molar-refractivity contribution in [3.63, 3.8) is 0 Å². The topological polar surface area (TPSA) is 91.0 Å². The summed E-state index contributed by atoms with van der Waals surface area (Å²) in [7, 11) is 0. The lowest BCUT2D eigenvalue weighted by Gasteiger charge is -2.44. The molecule has 1 saturated heterocycles. The quantitative estimate of drug-likeness (QED) is 0.291. The number of aliphatic imine (C=N–C) groups is 1. The maximum atomic E-state index is 11.2. The van der Waals surface area contributed by atoms with Gasteiger partial charge in [-0.05, 0) is 44.3 Å². The molecule has 4 N–H and O–H groups in total. The van der Waals surface area contributed by atoms with E-state index in [-0.39, 0.29) is 29.9 Å². The van der Waals surface area contributed by atoms with E-state index in [2.05, 4.69) is 17.1 Å². The zero-order valence-electron chi connectivity index (χ0n) is 15.4. The van der Waals surface area contributed by atoms with Crippen molar-refractivity contribution in [3.05, 3.63) is 0 Å². The number of halogens is 1. The van der Waals surface area contributed by atoms with E-state index in [1.807, 2.05) is 18.7 Å². The number of aliphatic hydroxyl groups is 1. The van der Waals surface area contributed by atoms with Gasteiger partial charge in [-0.2, -0.15) is 11.8 Å². The highest BCUT2D eigenvalue weighted by atomic mass is 127. The van der Waals surface area contributed by atoms with Crippen LogP contribution in [-0.2, 0) is 4.79 Å². The summed E-state index contributed by atoms with van der Waals surface area (Å²) in [4.78, 5) is 18.1. The molecule has 8 heteroatoms. The van der Waals surface area contributed by atoms with Gasteiger partial charge in [0.2, 0.25) is 5.91 Å². The van der Waals surface area contributed by atoms with E-state index < -0.39 is 5.60 Å². The summed E-state index contributed by atoms with van der Waals surface area (Å²) in [5.41, 5.74) is 4.69. The molecule has 1 saturated carbocycles. The Labute approximate surface area is 172 Å². The van der Waals surface area contributed by atoms with Crippen LogP contribution in [0.4, 0.5) is 0 Å². The van der Waals surface area contributed by atoms with Gasteiger partial charge in [0.25, 0.3) is 0 Å². The number of piperidine rings is 1. The van der Waals surface area contributed by atoms with Crippen molar-refractivity contribution in [2.75, 3.05) is 31.9 Å².